The molecule has 2 N–H and O–H groups in total. The van der Waals surface area contributed by atoms with E-state index in [1.807, 2.05) is 18.2 Å². The highest BCUT2D eigenvalue weighted by Gasteiger charge is 2.19. The van der Waals surface area contributed by atoms with Gasteiger partial charge in [0.2, 0.25) is 0 Å². The Bertz CT molecular complexity index is 402. The van der Waals surface area contributed by atoms with Gasteiger partial charge in [0.15, 0.2) is 0 Å². The van der Waals surface area contributed by atoms with Crippen LogP contribution in [0.25, 0.3) is 0 Å². The van der Waals surface area contributed by atoms with E-state index < -0.39 is 0 Å². The molecule has 20 heavy (non-hydrogen) atoms. The predicted molar refractivity (Wildman–Crippen MR) is 87.6 cm³/mol. The Hall–Kier alpha value is -0.770. The fourth-order valence-electron chi connectivity index (χ4n) is 2.77. The molecule has 0 aromatic heterocycles. The van der Waals surface area contributed by atoms with Gasteiger partial charge in [-0.05, 0) is 18.6 Å². The number of unbranched alkanes of at least 4 members (excludes halogenated alkanes) is 1. The molecule has 1 atom stereocenters. The zero-order valence-corrected chi connectivity index (χ0v) is 13.1. The van der Waals surface area contributed by atoms with Crippen LogP contribution in [0.2, 0.25) is 5.02 Å². The summed E-state index contributed by atoms with van der Waals surface area (Å²) in [6, 6.07) is 8.42. The molecule has 1 unspecified atom stereocenters. The van der Waals surface area contributed by atoms with Crippen molar-refractivity contribution in [3.05, 3.63) is 29.3 Å². The second kappa shape index (κ2) is 7.87. The number of rotatable bonds is 6. The van der Waals surface area contributed by atoms with Gasteiger partial charge in [-0.2, -0.15) is 0 Å². The van der Waals surface area contributed by atoms with Crippen LogP contribution in [0.1, 0.15) is 26.2 Å². The minimum Gasteiger partial charge on any atom is -0.368 e. The maximum absolute atomic E-state index is 6.26. The molecule has 1 aliphatic heterocycles. The lowest BCUT2D eigenvalue weighted by molar-refractivity contribution is 0.238. The second-order valence-electron chi connectivity index (χ2n) is 5.64. The number of nitrogens with two attached hydrogens (primary N) is 1. The average molecular weight is 296 g/mol. The summed E-state index contributed by atoms with van der Waals surface area (Å²) in [6.07, 6.45) is 3.61. The Morgan fingerprint density at radius 3 is 2.55 bits per heavy atom. The molecule has 0 radical (unpaired) electrons. The third-order valence-electron chi connectivity index (χ3n) is 3.99. The molecule has 112 valence electrons. The van der Waals surface area contributed by atoms with E-state index in [2.05, 4.69) is 22.8 Å². The van der Waals surface area contributed by atoms with Gasteiger partial charge in [-0.25, -0.2) is 0 Å². The summed E-state index contributed by atoms with van der Waals surface area (Å²) < 4.78 is 0. The van der Waals surface area contributed by atoms with Crippen LogP contribution in [0.5, 0.6) is 0 Å². The fourth-order valence-corrected chi connectivity index (χ4v) is 3.02. The number of piperazine rings is 1. The van der Waals surface area contributed by atoms with Crippen molar-refractivity contribution >= 4 is 17.3 Å². The largest absolute Gasteiger partial charge is 0.368 e. The number of hydrogen-bond donors (Lipinski definition) is 1. The van der Waals surface area contributed by atoms with Crippen molar-refractivity contribution < 1.29 is 0 Å². The van der Waals surface area contributed by atoms with Gasteiger partial charge in [0.25, 0.3) is 0 Å². The van der Waals surface area contributed by atoms with Crippen molar-refractivity contribution in [3.8, 4) is 0 Å². The van der Waals surface area contributed by atoms with E-state index in [1.165, 1.54) is 12.8 Å². The first-order valence-corrected chi connectivity index (χ1v) is 8.06. The molecule has 1 aliphatic rings. The highest BCUT2D eigenvalue weighted by molar-refractivity contribution is 6.33. The van der Waals surface area contributed by atoms with Crippen LogP contribution in [0, 0.1) is 0 Å². The first-order chi connectivity index (χ1) is 9.70. The van der Waals surface area contributed by atoms with Crippen molar-refractivity contribution in [2.45, 2.75) is 32.2 Å². The molecule has 1 aromatic carbocycles. The van der Waals surface area contributed by atoms with Crippen molar-refractivity contribution in [3.63, 3.8) is 0 Å². The van der Waals surface area contributed by atoms with Gasteiger partial charge >= 0.3 is 0 Å². The molecule has 1 aromatic rings. The quantitative estimate of drug-likeness (QED) is 0.876. The number of hydrogen-bond acceptors (Lipinski definition) is 3. The van der Waals surface area contributed by atoms with Crippen LogP contribution >= 0.6 is 11.6 Å². The molecular weight excluding hydrogens is 270 g/mol. The summed E-state index contributed by atoms with van der Waals surface area (Å²) in [5, 5.41) is 0.848. The van der Waals surface area contributed by atoms with E-state index in [0.717, 1.165) is 49.9 Å². The lowest BCUT2D eigenvalue weighted by Gasteiger charge is -2.37. The van der Waals surface area contributed by atoms with Gasteiger partial charge in [-0.3, -0.25) is 4.90 Å². The number of nitrogens with zero attached hydrogens (tertiary/aromatic N) is 2. The van der Waals surface area contributed by atoms with E-state index in [9.17, 15) is 0 Å². The molecular formula is C16H26ClN3. The summed E-state index contributed by atoms with van der Waals surface area (Å²) >= 11 is 6.26. The average Bonchev–Trinajstić information content (AvgIpc) is 2.47. The minimum absolute atomic E-state index is 0.321. The Labute approximate surface area is 127 Å². The minimum atomic E-state index is 0.321. The smallest absolute Gasteiger partial charge is 0.0639 e. The molecule has 1 saturated heterocycles. The normalized spacial score (nSPS) is 18.2. The first-order valence-electron chi connectivity index (χ1n) is 7.68. The zero-order chi connectivity index (χ0) is 14.4. The van der Waals surface area contributed by atoms with Crippen LogP contribution in [0.15, 0.2) is 24.3 Å². The Morgan fingerprint density at radius 1 is 1.20 bits per heavy atom. The molecule has 0 amide bonds. The summed E-state index contributed by atoms with van der Waals surface area (Å²) in [5.74, 6) is 0. The van der Waals surface area contributed by atoms with E-state index in [0.29, 0.717) is 6.04 Å². The van der Waals surface area contributed by atoms with Gasteiger partial charge in [0, 0.05) is 38.8 Å². The van der Waals surface area contributed by atoms with Crippen molar-refractivity contribution in [1.82, 2.24) is 4.90 Å². The lowest BCUT2D eigenvalue weighted by Crippen LogP contribution is -2.50. The molecule has 1 heterocycles. The van der Waals surface area contributed by atoms with Crippen LogP contribution < -0.4 is 10.6 Å². The topological polar surface area (TPSA) is 32.5 Å². The number of anilines is 1. The van der Waals surface area contributed by atoms with E-state index in [4.69, 9.17) is 17.3 Å². The molecule has 3 nitrogen and oxygen atoms in total. The van der Waals surface area contributed by atoms with Crippen LogP contribution in [0.3, 0.4) is 0 Å². The van der Waals surface area contributed by atoms with Crippen molar-refractivity contribution in [1.29, 1.82) is 0 Å². The summed E-state index contributed by atoms with van der Waals surface area (Å²) in [6.45, 7) is 7.45. The van der Waals surface area contributed by atoms with Gasteiger partial charge < -0.3 is 10.6 Å². The summed E-state index contributed by atoms with van der Waals surface area (Å²) in [4.78, 5) is 4.85. The third kappa shape index (κ3) is 4.37. The maximum Gasteiger partial charge on any atom is 0.0639 e. The van der Waals surface area contributed by atoms with Crippen LogP contribution in [0.4, 0.5) is 5.69 Å². The fraction of sp³-hybridized carbons (Fsp3) is 0.625. The summed E-state index contributed by atoms with van der Waals surface area (Å²) in [5.41, 5.74) is 7.34. The molecule has 2 rings (SSSR count). The lowest BCUT2D eigenvalue weighted by atomic mass is 10.1. The highest BCUT2D eigenvalue weighted by Crippen LogP contribution is 2.25. The van der Waals surface area contributed by atoms with Gasteiger partial charge in [0.1, 0.15) is 0 Å². The maximum atomic E-state index is 6.26. The van der Waals surface area contributed by atoms with Gasteiger partial charge in [-0.1, -0.05) is 43.5 Å². The van der Waals surface area contributed by atoms with E-state index >= 15 is 0 Å². The second-order valence-corrected chi connectivity index (χ2v) is 6.05. The van der Waals surface area contributed by atoms with Crippen LogP contribution in [-0.4, -0.2) is 43.7 Å². The Morgan fingerprint density at radius 2 is 1.90 bits per heavy atom. The monoisotopic (exact) mass is 295 g/mol. The van der Waals surface area contributed by atoms with Gasteiger partial charge in [0.05, 0.1) is 10.7 Å². The standard InChI is InChI=1S/C16H26ClN3/c1-2-3-6-14(18)13-19-9-11-20(12-10-19)16-8-5-4-7-15(16)17/h4-5,7-8,14H,2-3,6,9-13,18H2,1H3. The van der Waals surface area contributed by atoms with Crippen molar-refractivity contribution in [2.75, 3.05) is 37.6 Å². The predicted octanol–water partition coefficient (Wildman–Crippen LogP) is 2.98. The molecule has 4 heteroatoms. The molecule has 0 bridgehead atoms. The van der Waals surface area contributed by atoms with Crippen LogP contribution in [-0.2, 0) is 0 Å². The molecule has 0 saturated carbocycles. The highest BCUT2D eigenvalue weighted by atomic mass is 35.5. The molecule has 0 spiro atoms. The molecule has 1 fully saturated rings. The number of para-hydroxylation sites is 1. The Kier molecular flexibility index (Phi) is 6.14. The number of halogens is 1. The first kappa shape index (κ1) is 15.6. The summed E-state index contributed by atoms with van der Waals surface area (Å²) in [7, 11) is 0. The van der Waals surface area contributed by atoms with E-state index in [-0.39, 0.29) is 0 Å². The third-order valence-corrected chi connectivity index (χ3v) is 4.31. The SMILES string of the molecule is CCCCC(N)CN1CCN(c2ccccc2Cl)CC1. The van der Waals surface area contributed by atoms with Gasteiger partial charge in [-0.15, -0.1) is 0 Å². The van der Waals surface area contributed by atoms with E-state index in [1.54, 1.807) is 0 Å². The number of benzene rings is 1. The molecule has 0 aliphatic carbocycles. The zero-order valence-electron chi connectivity index (χ0n) is 12.4. The Balaban J connectivity index is 1.79. The van der Waals surface area contributed by atoms with Crippen molar-refractivity contribution in [2.24, 2.45) is 5.73 Å².